The van der Waals surface area contributed by atoms with Crippen molar-refractivity contribution >= 4 is 40.1 Å². The molecule has 1 aromatic rings. The van der Waals surface area contributed by atoms with Gasteiger partial charge in [0.1, 0.15) is 0 Å². The molecule has 76 valence electrons. The van der Waals surface area contributed by atoms with Crippen molar-refractivity contribution in [3.05, 3.63) is 39.5 Å². The van der Waals surface area contributed by atoms with Gasteiger partial charge in [-0.25, -0.2) is 4.90 Å². The fraction of sp³-hybridized carbons (Fsp3) is 0.0909. The molecule has 0 aliphatic carbocycles. The molecule has 2 amide bonds. The lowest BCUT2D eigenvalue weighted by atomic mass is 10.3. The van der Waals surface area contributed by atoms with Crippen molar-refractivity contribution < 1.29 is 9.59 Å². The Kier molecular flexibility index (Phi) is 2.60. The molecule has 1 heterocycles. The standard InChI is InChI=1S/C11H8INO2/c1-7-5-10(14)13(11(7)15)9-4-2-3-8(12)6-9/h2-6H,1H3. The summed E-state index contributed by atoms with van der Waals surface area (Å²) in [6, 6.07) is 7.30. The summed E-state index contributed by atoms with van der Waals surface area (Å²) in [7, 11) is 0. The second-order valence-electron chi connectivity index (χ2n) is 3.29. The van der Waals surface area contributed by atoms with E-state index in [0.29, 0.717) is 11.3 Å². The summed E-state index contributed by atoms with van der Waals surface area (Å²) in [4.78, 5) is 24.4. The number of amides is 2. The Morgan fingerprint density at radius 3 is 2.53 bits per heavy atom. The topological polar surface area (TPSA) is 37.4 Å². The lowest BCUT2D eigenvalue weighted by Crippen LogP contribution is -2.30. The molecule has 0 bridgehead atoms. The van der Waals surface area contributed by atoms with Crippen molar-refractivity contribution in [2.45, 2.75) is 6.92 Å². The van der Waals surface area contributed by atoms with Gasteiger partial charge in [0.25, 0.3) is 11.8 Å². The van der Waals surface area contributed by atoms with Crippen LogP contribution in [0.1, 0.15) is 6.92 Å². The number of carbonyl (C=O) groups is 2. The van der Waals surface area contributed by atoms with Gasteiger partial charge in [0.2, 0.25) is 0 Å². The zero-order valence-corrected chi connectivity index (χ0v) is 10.2. The molecule has 3 nitrogen and oxygen atoms in total. The van der Waals surface area contributed by atoms with Gasteiger partial charge in [-0.05, 0) is 47.7 Å². The molecule has 0 unspecified atom stereocenters. The number of hydrogen-bond donors (Lipinski definition) is 0. The van der Waals surface area contributed by atoms with E-state index < -0.39 is 0 Å². The van der Waals surface area contributed by atoms with E-state index in [4.69, 9.17) is 0 Å². The van der Waals surface area contributed by atoms with Crippen LogP contribution in [0.5, 0.6) is 0 Å². The molecular weight excluding hydrogens is 305 g/mol. The van der Waals surface area contributed by atoms with Crippen LogP contribution in [0.3, 0.4) is 0 Å². The van der Waals surface area contributed by atoms with E-state index in [1.807, 2.05) is 18.2 Å². The van der Waals surface area contributed by atoms with E-state index in [1.54, 1.807) is 13.0 Å². The highest BCUT2D eigenvalue weighted by Crippen LogP contribution is 2.23. The van der Waals surface area contributed by atoms with Gasteiger partial charge in [-0.3, -0.25) is 9.59 Å². The van der Waals surface area contributed by atoms with Crippen molar-refractivity contribution in [1.29, 1.82) is 0 Å². The van der Waals surface area contributed by atoms with Crippen LogP contribution in [0.15, 0.2) is 35.9 Å². The average Bonchev–Trinajstić information content (AvgIpc) is 2.41. The minimum Gasteiger partial charge on any atom is -0.269 e. The molecular formula is C11H8INO2. The van der Waals surface area contributed by atoms with E-state index in [-0.39, 0.29) is 11.8 Å². The number of hydrogen-bond acceptors (Lipinski definition) is 2. The Labute approximate surface area is 101 Å². The van der Waals surface area contributed by atoms with Crippen molar-refractivity contribution in [3.63, 3.8) is 0 Å². The van der Waals surface area contributed by atoms with E-state index >= 15 is 0 Å². The predicted octanol–water partition coefficient (Wildman–Crippen LogP) is 2.11. The number of halogens is 1. The molecule has 0 atom stereocenters. The third kappa shape index (κ3) is 1.81. The number of imide groups is 1. The molecule has 1 aliphatic heterocycles. The lowest BCUT2D eigenvalue weighted by Gasteiger charge is -2.14. The van der Waals surface area contributed by atoms with E-state index in [2.05, 4.69) is 22.6 Å². The summed E-state index contributed by atoms with van der Waals surface area (Å²) >= 11 is 2.15. The number of rotatable bonds is 1. The van der Waals surface area contributed by atoms with E-state index in [0.717, 1.165) is 3.57 Å². The molecule has 1 aliphatic rings. The third-order valence-corrected chi connectivity index (χ3v) is 2.84. The first-order valence-corrected chi connectivity index (χ1v) is 5.50. The van der Waals surface area contributed by atoms with Crippen LogP contribution in [-0.2, 0) is 9.59 Å². The third-order valence-electron chi connectivity index (χ3n) is 2.17. The van der Waals surface area contributed by atoms with Crippen molar-refractivity contribution in [1.82, 2.24) is 0 Å². The maximum absolute atomic E-state index is 11.7. The summed E-state index contributed by atoms with van der Waals surface area (Å²) < 4.78 is 0.996. The SMILES string of the molecule is CC1=CC(=O)N(c2cccc(I)c2)C1=O. The van der Waals surface area contributed by atoms with Gasteiger partial charge in [0.05, 0.1) is 5.69 Å². The van der Waals surface area contributed by atoms with Gasteiger partial charge in [-0.2, -0.15) is 0 Å². The van der Waals surface area contributed by atoms with Gasteiger partial charge < -0.3 is 0 Å². The number of nitrogens with zero attached hydrogens (tertiary/aromatic N) is 1. The maximum Gasteiger partial charge on any atom is 0.261 e. The highest BCUT2D eigenvalue weighted by molar-refractivity contribution is 14.1. The van der Waals surface area contributed by atoms with Gasteiger partial charge in [0, 0.05) is 15.2 Å². The van der Waals surface area contributed by atoms with E-state index in [1.165, 1.54) is 11.0 Å². The van der Waals surface area contributed by atoms with Crippen LogP contribution < -0.4 is 4.90 Å². The van der Waals surface area contributed by atoms with Crippen LogP contribution in [0.25, 0.3) is 0 Å². The molecule has 0 radical (unpaired) electrons. The van der Waals surface area contributed by atoms with Crippen LogP contribution in [-0.4, -0.2) is 11.8 Å². The summed E-state index contributed by atoms with van der Waals surface area (Å²) in [6.45, 7) is 1.65. The summed E-state index contributed by atoms with van der Waals surface area (Å²) in [6.07, 6.45) is 1.36. The second-order valence-corrected chi connectivity index (χ2v) is 4.53. The van der Waals surface area contributed by atoms with Gasteiger partial charge >= 0.3 is 0 Å². The Morgan fingerprint density at radius 2 is 2.00 bits per heavy atom. The van der Waals surface area contributed by atoms with Crippen molar-refractivity contribution in [2.75, 3.05) is 4.90 Å². The molecule has 0 N–H and O–H groups in total. The first kappa shape index (κ1) is 10.4. The van der Waals surface area contributed by atoms with E-state index in [9.17, 15) is 9.59 Å². The van der Waals surface area contributed by atoms with Crippen molar-refractivity contribution in [2.24, 2.45) is 0 Å². The number of anilines is 1. The molecule has 0 aromatic heterocycles. The van der Waals surface area contributed by atoms with Crippen LogP contribution in [0.4, 0.5) is 5.69 Å². The quantitative estimate of drug-likeness (QED) is 0.588. The van der Waals surface area contributed by atoms with Crippen LogP contribution in [0.2, 0.25) is 0 Å². The van der Waals surface area contributed by atoms with Crippen molar-refractivity contribution in [3.8, 4) is 0 Å². The minimum absolute atomic E-state index is 0.234. The molecule has 15 heavy (non-hydrogen) atoms. The normalized spacial score (nSPS) is 15.9. The highest BCUT2D eigenvalue weighted by atomic mass is 127. The molecule has 0 saturated carbocycles. The first-order chi connectivity index (χ1) is 7.09. The zero-order chi connectivity index (χ0) is 11.0. The molecule has 0 spiro atoms. The first-order valence-electron chi connectivity index (χ1n) is 4.42. The molecule has 1 aromatic carbocycles. The molecule has 2 rings (SSSR count). The zero-order valence-electron chi connectivity index (χ0n) is 8.03. The van der Waals surface area contributed by atoms with Gasteiger partial charge in [0.15, 0.2) is 0 Å². The largest absolute Gasteiger partial charge is 0.269 e. The maximum atomic E-state index is 11.7. The summed E-state index contributed by atoms with van der Waals surface area (Å²) in [5.74, 6) is -0.499. The van der Waals surface area contributed by atoms with Crippen LogP contribution in [0, 0.1) is 3.57 Å². The predicted molar refractivity (Wildman–Crippen MR) is 65.4 cm³/mol. The average molecular weight is 313 g/mol. The monoisotopic (exact) mass is 313 g/mol. The molecule has 4 heteroatoms. The summed E-state index contributed by atoms with van der Waals surface area (Å²) in [5, 5.41) is 0. The summed E-state index contributed by atoms with van der Waals surface area (Å²) in [5.41, 5.74) is 1.11. The highest BCUT2D eigenvalue weighted by Gasteiger charge is 2.29. The lowest BCUT2D eigenvalue weighted by molar-refractivity contribution is -0.120. The second kappa shape index (κ2) is 3.77. The Balaban J connectivity index is 2.42. The molecule has 0 fully saturated rings. The van der Waals surface area contributed by atoms with Gasteiger partial charge in [-0.1, -0.05) is 6.07 Å². The minimum atomic E-state index is -0.264. The fourth-order valence-corrected chi connectivity index (χ4v) is 1.97. The number of carbonyl (C=O) groups excluding carboxylic acids is 2. The Bertz CT molecular complexity index is 479. The Morgan fingerprint density at radius 1 is 1.27 bits per heavy atom. The molecule has 0 saturated heterocycles. The fourth-order valence-electron chi connectivity index (χ4n) is 1.45. The smallest absolute Gasteiger partial charge is 0.261 e. The Hall–Kier alpha value is -1.17. The van der Waals surface area contributed by atoms with Crippen LogP contribution >= 0.6 is 22.6 Å². The number of benzene rings is 1. The van der Waals surface area contributed by atoms with Gasteiger partial charge in [-0.15, -0.1) is 0 Å².